The van der Waals surface area contributed by atoms with Crippen LogP contribution in [0, 0.1) is 0 Å². The highest BCUT2D eigenvalue weighted by Gasteiger charge is 2.11. The van der Waals surface area contributed by atoms with Crippen LogP contribution >= 0.6 is 0 Å². The summed E-state index contributed by atoms with van der Waals surface area (Å²) < 4.78 is 10.7. The number of amides is 1. The lowest BCUT2D eigenvalue weighted by molar-refractivity contribution is 0.102. The second-order valence-corrected chi connectivity index (χ2v) is 6.73. The lowest BCUT2D eigenvalue weighted by Crippen LogP contribution is -2.12. The van der Waals surface area contributed by atoms with Crippen molar-refractivity contribution in [1.29, 1.82) is 0 Å². The second-order valence-electron chi connectivity index (χ2n) is 6.73. The number of rotatable bonds is 6. The van der Waals surface area contributed by atoms with Gasteiger partial charge in [0, 0.05) is 34.1 Å². The molecular formula is C23H21N5O3. The summed E-state index contributed by atoms with van der Waals surface area (Å²) in [6.45, 7) is 0. The van der Waals surface area contributed by atoms with Crippen molar-refractivity contribution in [1.82, 2.24) is 9.97 Å². The number of aromatic nitrogens is 2. The Balaban J connectivity index is 1.54. The fraction of sp³-hybridized carbons (Fsp3) is 0.0870. The first-order chi connectivity index (χ1) is 15.1. The van der Waals surface area contributed by atoms with Gasteiger partial charge in [-0.3, -0.25) is 4.79 Å². The molecular weight excluding hydrogens is 394 g/mol. The van der Waals surface area contributed by atoms with E-state index >= 15 is 0 Å². The zero-order chi connectivity index (χ0) is 21.8. The molecule has 0 fully saturated rings. The van der Waals surface area contributed by atoms with Crippen LogP contribution in [-0.4, -0.2) is 30.1 Å². The monoisotopic (exact) mass is 415 g/mol. The van der Waals surface area contributed by atoms with E-state index in [9.17, 15) is 4.79 Å². The Labute approximate surface area is 179 Å². The third-order valence-corrected chi connectivity index (χ3v) is 4.69. The summed E-state index contributed by atoms with van der Waals surface area (Å²) in [4.78, 5) is 21.0. The average Bonchev–Trinajstić information content (AvgIpc) is 2.79. The molecule has 3 aromatic carbocycles. The Morgan fingerprint density at radius 3 is 2.32 bits per heavy atom. The Morgan fingerprint density at radius 1 is 0.903 bits per heavy atom. The van der Waals surface area contributed by atoms with Gasteiger partial charge in [-0.15, -0.1) is 0 Å². The number of ether oxygens (including phenoxy) is 2. The Morgan fingerprint density at radius 2 is 1.61 bits per heavy atom. The third-order valence-electron chi connectivity index (χ3n) is 4.69. The molecule has 0 radical (unpaired) electrons. The van der Waals surface area contributed by atoms with E-state index in [1.165, 1.54) is 6.33 Å². The number of nitrogens with two attached hydrogens (primary N) is 1. The number of fused-ring (bicyclic) bond motifs is 1. The van der Waals surface area contributed by atoms with E-state index in [0.29, 0.717) is 34.3 Å². The van der Waals surface area contributed by atoms with Crippen LogP contribution in [0.2, 0.25) is 0 Å². The zero-order valence-electron chi connectivity index (χ0n) is 17.0. The standard InChI is InChI=1S/C23H21N5O3/c1-30-20-11-18-19(12-21(20)31-2)25-13-26-22(18)27-16-6-8-17(9-7-16)28-23(29)14-4-3-5-15(24)10-14/h3-13H,24H2,1-2H3,(H,28,29)(H,25,26,27). The highest BCUT2D eigenvalue weighted by Crippen LogP contribution is 2.34. The number of nitrogens with one attached hydrogen (secondary N) is 2. The van der Waals surface area contributed by atoms with Gasteiger partial charge in [0.15, 0.2) is 11.5 Å². The first-order valence-corrected chi connectivity index (χ1v) is 9.48. The Kier molecular flexibility index (Phi) is 5.53. The SMILES string of the molecule is COc1cc2ncnc(Nc3ccc(NC(=O)c4cccc(N)c4)cc3)c2cc1OC. The number of nitrogens with zero attached hydrogens (tertiary/aromatic N) is 2. The molecule has 0 aliphatic heterocycles. The molecule has 0 unspecified atom stereocenters. The van der Waals surface area contributed by atoms with Crippen LogP contribution in [0.25, 0.3) is 10.9 Å². The van der Waals surface area contributed by atoms with E-state index in [4.69, 9.17) is 15.2 Å². The van der Waals surface area contributed by atoms with Crippen LogP contribution in [0.3, 0.4) is 0 Å². The van der Waals surface area contributed by atoms with Crippen LogP contribution in [0.15, 0.2) is 67.0 Å². The highest BCUT2D eigenvalue weighted by atomic mass is 16.5. The van der Waals surface area contributed by atoms with Crippen molar-refractivity contribution in [2.45, 2.75) is 0 Å². The molecule has 156 valence electrons. The molecule has 31 heavy (non-hydrogen) atoms. The maximum absolute atomic E-state index is 12.4. The van der Waals surface area contributed by atoms with Gasteiger partial charge in [-0.2, -0.15) is 0 Å². The summed E-state index contributed by atoms with van der Waals surface area (Å²) in [6.07, 6.45) is 1.48. The number of carbonyl (C=O) groups excluding carboxylic acids is 1. The van der Waals surface area contributed by atoms with Crippen molar-refractivity contribution in [3.63, 3.8) is 0 Å². The largest absolute Gasteiger partial charge is 0.493 e. The fourth-order valence-electron chi connectivity index (χ4n) is 3.14. The summed E-state index contributed by atoms with van der Waals surface area (Å²) in [6, 6.07) is 17.8. The van der Waals surface area contributed by atoms with Gasteiger partial charge in [0.2, 0.25) is 0 Å². The molecule has 4 N–H and O–H groups in total. The molecule has 0 saturated carbocycles. The summed E-state index contributed by atoms with van der Waals surface area (Å²) >= 11 is 0. The van der Waals surface area contributed by atoms with Crippen LogP contribution in [-0.2, 0) is 0 Å². The van der Waals surface area contributed by atoms with E-state index in [-0.39, 0.29) is 5.91 Å². The number of benzene rings is 3. The number of hydrogen-bond acceptors (Lipinski definition) is 7. The first-order valence-electron chi connectivity index (χ1n) is 9.48. The average molecular weight is 415 g/mol. The van der Waals surface area contributed by atoms with E-state index < -0.39 is 0 Å². The number of hydrogen-bond donors (Lipinski definition) is 3. The highest BCUT2D eigenvalue weighted by molar-refractivity contribution is 6.04. The first kappa shape index (κ1) is 20.0. The summed E-state index contributed by atoms with van der Waals surface area (Å²) in [5.74, 6) is 1.59. The number of anilines is 4. The molecule has 0 spiro atoms. The van der Waals surface area contributed by atoms with Crippen LogP contribution in [0.4, 0.5) is 22.9 Å². The van der Waals surface area contributed by atoms with Crippen molar-refractivity contribution in [2.24, 2.45) is 0 Å². The molecule has 0 bridgehead atoms. The molecule has 0 saturated heterocycles. The predicted octanol–water partition coefficient (Wildman–Crippen LogP) is 4.23. The smallest absolute Gasteiger partial charge is 0.255 e. The van der Waals surface area contributed by atoms with Gasteiger partial charge in [-0.25, -0.2) is 9.97 Å². The van der Waals surface area contributed by atoms with Gasteiger partial charge in [-0.1, -0.05) is 6.07 Å². The van der Waals surface area contributed by atoms with Crippen molar-refractivity contribution >= 4 is 39.7 Å². The molecule has 0 aliphatic rings. The molecule has 4 rings (SSSR count). The minimum absolute atomic E-state index is 0.226. The van der Waals surface area contributed by atoms with Crippen LogP contribution in [0.5, 0.6) is 11.5 Å². The van der Waals surface area contributed by atoms with Gasteiger partial charge < -0.3 is 25.8 Å². The van der Waals surface area contributed by atoms with Crippen molar-refractivity contribution < 1.29 is 14.3 Å². The molecule has 0 aliphatic carbocycles. The van der Waals surface area contributed by atoms with Crippen molar-refractivity contribution in [3.05, 3.63) is 72.6 Å². The molecule has 8 heteroatoms. The summed E-state index contributed by atoms with van der Waals surface area (Å²) in [7, 11) is 3.16. The van der Waals surface area contributed by atoms with Gasteiger partial charge >= 0.3 is 0 Å². The summed E-state index contributed by atoms with van der Waals surface area (Å²) in [5, 5.41) is 6.93. The van der Waals surface area contributed by atoms with Gasteiger partial charge in [-0.05, 0) is 48.5 Å². The second kappa shape index (κ2) is 8.58. The maximum Gasteiger partial charge on any atom is 0.255 e. The topological polar surface area (TPSA) is 111 Å². The number of nitrogen functional groups attached to an aromatic ring is 1. The predicted molar refractivity (Wildman–Crippen MR) is 121 cm³/mol. The Bertz CT molecular complexity index is 1240. The number of carbonyl (C=O) groups is 1. The quantitative estimate of drug-likeness (QED) is 0.404. The lowest BCUT2D eigenvalue weighted by atomic mass is 10.2. The molecule has 4 aromatic rings. The maximum atomic E-state index is 12.4. The van der Waals surface area contributed by atoms with Crippen molar-refractivity contribution in [3.8, 4) is 11.5 Å². The van der Waals surface area contributed by atoms with E-state index in [1.807, 2.05) is 18.2 Å². The fourth-order valence-corrected chi connectivity index (χ4v) is 3.14. The zero-order valence-corrected chi connectivity index (χ0v) is 17.0. The van der Waals surface area contributed by atoms with E-state index in [2.05, 4.69) is 20.6 Å². The normalized spacial score (nSPS) is 10.5. The van der Waals surface area contributed by atoms with E-state index in [0.717, 1.165) is 16.6 Å². The molecule has 1 amide bonds. The van der Waals surface area contributed by atoms with Gasteiger partial charge in [0.05, 0.1) is 19.7 Å². The van der Waals surface area contributed by atoms with Crippen LogP contribution in [0.1, 0.15) is 10.4 Å². The number of methoxy groups -OCH3 is 2. The third kappa shape index (κ3) is 4.32. The van der Waals surface area contributed by atoms with Gasteiger partial charge in [0.25, 0.3) is 5.91 Å². The van der Waals surface area contributed by atoms with Crippen molar-refractivity contribution in [2.75, 3.05) is 30.6 Å². The molecule has 1 heterocycles. The Hall–Kier alpha value is -4.33. The lowest BCUT2D eigenvalue weighted by Gasteiger charge is -2.12. The van der Waals surface area contributed by atoms with E-state index in [1.54, 1.807) is 56.7 Å². The minimum atomic E-state index is -0.226. The van der Waals surface area contributed by atoms with Crippen LogP contribution < -0.4 is 25.8 Å². The molecule has 8 nitrogen and oxygen atoms in total. The van der Waals surface area contributed by atoms with Gasteiger partial charge in [0.1, 0.15) is 12.1 Å². The molecule has 1 aromatic heterocycles. The molecule has 0 atom stereocenters. The minimum Gasteiger partial charge on any atom is -0.493 e. The summed E-state index contributed by atoms with van der Waals surface area (Å²) in [5.41, 5.74) is 8.97.